The second-order valence-electron chi connectivity index (χ2n) is 4.23. The molecule has 0 N–H and O–H groups in total. The van der Waals surface area contributed by atoms with Crippen LogP contribution in [0, 0.1) is 5.41 Å². The first-order valence-corrected chi connectivity index (χ1v) is 6.77. The zero-order valence-corrected chi connectivity index (χ0v) is 10.9. The molecular formula is C12H21BrO2. The summed E-state index contributed by atoms with van der Waals surface area (Å²) in [5.41, 5.74) is 0.312. The lowest BCUT2D eigenvalue weighted by Gasteiger charge is -2.35. The Morgan fingerprint density at radius 1 is 1.40 bits per heavy atom. The van der Waals surface area contributed by atoms with E-state index in [-0.39, 0.29) is 0 Å². The summed E-state index contributed by atoms with van der Waals surface area (Å²) in [6.45, 7) is 7.16. The van der Waals surface area contributed by atoms with E-state index >= 15 is 0 Å². The molecule has 1 heterocycles. The van der Waals surface area contributed by atoms with Crippen LogP contribution in [0.25, 0.3) is 0 Å². The van der Waals surface area contributed by atoms with Crippen LogP contribution in [0.3, 0.4) is 0 Å². The maximum absolute atomic E-state index is 5.74. The van der Waals surface area contributed by atoms with Gasteiger partial charge in [-0.2, -0.15) is 0 Å². The molecule has 0 unspecified atom stereocenters. The molecule has 2 nitrogen and oxygen atoms in total. The topological polar surface area (TPSA) is 18.5 Å². The van der Waals surface area contributed by atoms with Gasteiger partial charge in [-0.1, -0.05) is 22.0 Å². The van der Waals surface area contributed by atoms with Gasteiger partial charge in [-0.05, 0) is 25.7 Å². The van der Waals surface area contributed by atoms with Gasteiger partial charge in [0.15, 0.2) is 0 Å². The minimum Gasteiger partial charge on any atom is -0.381 e. The predicted octanol–water partition coefficient (Wildman–Crippen LogP) is 3.16. The van der Waals surface area contributed by atoms with Gasteiger partial charge in [0.1, 0.15) is 0 Å². The summed E-state index contributed by atoms with van der Waals surface area (Å²) in [5, 5.41) is 1.02. The number of alkyl halides is 1. The number of ether oxygens (including phenoxy) is 2. The quantitative estimate of drug-likeness (QED) is 0.404. The minimum absolute atomic E-state index is 0.312. The van der Waals surface area contributed by atoms with E-state index in [1.54, 1.807) is 0 Å². The fourth-order valence-corrected chi connectivity index (χ4v) is 2.46. The molecule has 1 saturated heterocycles. The van der Waals surface area contributed by atoms with Gasteiger partial charge in [-0.3, -0.25) is 0 Å². The highest BCUT2D eigenvalue weighted by Crippen LogP contribution is 2.32. The highest BCUT2D eigenvalue weighted by molar-refractivity contribution is 9.09. The average Bonchev–Trinajstić information content (AvgIpc) is 2.30. The standard InChI is InChI=1S/C12H21BrO2/c1-2-3-4-7-15-11-12(10-13)5-8-14-9-6-12/h2H,1,3-11H2. The summed E-state index contributed by atoms with van der Waals surface area (Å²) in [6, 6.07) is 0. The van der Waals surface area contributed by atoms with Crippen LogP contribution in [-0.4, -0.2) is 31.8 Å². The predicted molar refractivity (Wildman–Crippen MR) is 66.5 cm³/mol. The Bertz CT molecular complexity index is 176. The first-order chi connectivity index (χ1) is 7.33. The van der Waals surface area contributed by atoms with Crippen LogP contribution < -0.4 is 0 Å². The van der Waals surface area contributed by atoms with Gasteiger partial charge < -0.3 is 9.47 Å². The maximum atomic E-state index is 5.74. The molecule has 1 aliphatic rings. The van der Waals surface area contributed by atoms with Crippen molar-refractivity contribution in [3.05, 3.63) is 12.7 Å². The van der Waals surface area contributed by atoms with Crippen LogP contribution in [0.5, 0.6) is 0 Å². The number of hydrogen-bond acceptors (Lipinski definition) is 2. The molecule has 0 bridgehead atoms. The summed E-state index contributed by atoms with van der Waals surface area (Å²) in [6.07, 6.45) is 6.29. The Hall–Kier alpha value is 0.140. The van der Waals surface area contributed by atoms with Crippen molar-refractivity contribution in [1.82, 2.24) is 0 Å². The highest BCUT2D eigenvalue weighted by Gasteiger charge is 2.31. The van der Waals surface area contributed by atoms with Crippen LogP contribution in [0.4, 0.5) is 0 Å². The third-order valence-electron chi connectivity index (χ3n) is 2.94. The summed E-state index contributed by atoms with van der Waals surface area (Å²) in [5.74, 6) is 0. The van der Waals surface area contributed by atoms with Crippen LogP contribution in [-0.2, 0) is 9.47 Å². The second-order valence-corrected chi connectivity index (χ2v) is 4.79. The van der Waals surface area contributed by atoms with Gasteiger partial charge in [-0.25, -0.2) is 0 Å². The SMILES string of the molecule is C=CCCCOCC1(CBr)CCOCC1. The fraction of sp³-hybridized carbons (Fsp3) is 0.833. The molecule has 88 valence electrons. The molecule has 0 aliphatic carbocycles. The lowest BCUT2D eigenvalue weighted by Crippen LogP contribution is -2.35. The van der Waals surface area contributed by atoms with E-state index in [1.807, 2.05) is 6.08 Å². The Morgan fingerprint density at radius 3 is 2.73 bits per heavy atom. The Balaban J connectivity index is 2.17. The van der Waals surface area contributed by atoms with Gasteiger partial charge in [0, 0.05) is 30.6 Å². The lowest BCUT2D eigenvalue weighted by atomic mass is 9.83. The van der Waals surface area contributed by atoms with Crippen molar-refractivity contribution in [3.63, 3.8) is 0 Å². The molecule has 0 saturated carbocycles. The minimum atomic E-state index is 0.312. The van der Waals surface area contributed by atoms with Gasteiger partial charge in [-0.15, -0.1) is 6.58 Å². The second kappa shape index (κ2) is 7.42. The van der Waals surface area contributed by atoms with Gasteiger partial charge in [0.05, 0.1) is 6.61 Å². The van der Waals surface area contributed by atoms with Crippen LogP contribution in [0.2, 0.25) is 0 Å². The monoisotopic (exact) mass is 276 g/mol. The summed E-state index contributed by atoms with van der Waals surface area (Å²) < 4.78 is 11.1. The van der Waals surface area contributed by atoms with E-state index in [2.05, 4.69) is 22.5 Å². The van der Waals surface area contributed by atoms with E-state index in [0.29, 0.717) is 5.41 Å². The Kier molecular flexibility index (Phi) is 6.53. The van der Waals surface area contributed by atoms with Crippen molar-refractivity contribution in [2.75, 3.05) is 31.8 Å². The molecule has 3 heteroatoms. The van der Waals surface area contributed by atoms with Gasteiger partial charge in [0.25, 0.3) is 0 Å². The van der Waals surface area contributed by atoms with E-state index in [9.17, 15) is 0 Å². The van der Waals surface area contributed by atoms with Gasteiger partial charge >= 0.3 is 0 Å². The normalized spacial score (nSPS) is 20.1. The smallest absolute Gasteiger partial charge is 0.0532 e. The van der Waals surface area contributed by atoms with Crippen molar-refractivity contribution in [2.24, 2.45) is 5.41 Å². The largest absolute Gasteiger partial charge is 0.381 e. The Labute approximate surface area is 101 Å². The maximum Gasteiger partial charge on any atom is 0.0532 e. The van der Waals surface area contributed by atoms with Crippen molar-refractivity contribution < 1.29 is 9.47 Å². The van der Waals surface area contributed by atoms with Crippen LogP contribution >= 0.6 is 15.9 Å². The molecule has 15 heavy (non-hydrogen) atoms. The number of halogens is 1. The van der Waals surface area contributed by atoms with E-state index < -0.39 is 0 Å². The van der Waals surface area contributed by atoms with Gasteiger partial charge in [0.2, 0.25) is 0 Å². The first kappa shape index (κ1) is 13.2. The molecule has 0 radical (unpaired) electrons. The van der Waals surface area contributed by atoms with Crippen molar-refractivity contribution in [2.45, 2.75) is 25.7 Å². The number of allylic oxidation sites excluding steroid dienone is 1. The molecule has 0 spiro atoms. The zero-order valence-electron chi connectivity index (χ0n) is 9.34. The molecule has 0 aromatic carbocycles. The summed E-state index contributed by atoms with van der Waals surface area (Å²) in [7, 11) is 0. The molecule has 1 fully saturated rings. The van der Waals surface area contributed by atoms with Crippen molar-refractivity contribution in [3.8, 4) is 0 Å². The zero-order chi connectivity index (χ0) is 11.0. The highest BCUT2D eigenvalue weighted by atomic mass is 79.9. The first-order valence-electron chi connectivity index (χ1n) is 5.65. The Morgan fingerprint density at radius 2 is 2.13 bits per heavy atom. The number of unbranched alkanes of at least 4 members (excludes halogenated alkanes) is 1. The molecule has 0 atom stereocenters. The van der Waals surface area contributed by atoms with Crippen molar-refractivity contribution >= 4 is 15.9 Å². The number of hydrogen-bond donors (Lipinski definition) is 0. The number of rotatable bonds is 7. The third kappa shape index (κ3) is 4.66. The molecule has 0 aromatic rings. The fourth-order valence-electron chi connectivity index (χ4n) is 1.74. The molecular weight excluding hydrogens is 256 g/mol. The molecule has 1 rings (SSSR count). The van der Waals surface area contributed by atoms with Crippen LogP contribution in [0.15, 0.2) is 12.7 Å². The van der Waals surface area contributed by atoms with E-state index in [1.165, 1.54) is 0 Å². The average molecular weight is 277 g/mol. The van der Waals surface area contributed by atoms with Crippen molar-refractivity contribution in [1.29, 1.82) is 0 Å². The van der Waals surface area contributed by atoms with Crippen LogP contribution in [0.1, 0.15) is 25.7 Å². The summed E-state index contributed by atoms with van der Waals surface area (Å²) >= 11 is 3.60. The molecule has 1 aliphatic heterocycles. The summed E-state index contributed by atoms with van der Waals surface area (Å²) in [4.78, 5) is 0. The van der Waals surface area contributed by atoms with E-state index in [0.717, 1.165) is 57.4 Å². The van der Waals surface area contributed by atoms with E-state index in [4.69, 9.17) is 9.47 Å². The molecule has 0 amide bonds. The lowest BCUT2D eigenvalue weighted by molar-refractivity contribution is -0.0268. The molecule has 0 aromatic heterocycles. The third-order valence-corrected chi connectivity index (χ3v) is 4.13.